The molecule has 1 N–H and O–H groups in total. The SMILES string of the molecule is COCCCNC(=O)CCN(c1ccccc1C#N)S(C)(=O)=O. The maximum Gasteiger partial charge on any atom is 0.232 e. The molecule has 0 radical (unpaired) electrons. The number of hydrogen-bond donors (Lipinski definition) is 1. The number of anilines is 1. The Kier molecular flexibility index (Phi) is 7.51. The Balaban J connectivity index is 2.75. The molecule has 1 rings (SSSR count). The second-order valence-corrected chi connectivity index (χ2v) is 6.82. The van der Waals surface area contributed by atoms with Crippen molar-refractivity contribution in [1.82, 2.24) is 5.32 Å². The summed E-state index contributed by atoms with van der Waals surface area (Å²) in [5.74, 6) is -0.246. The molecule has 1 aromatic rings. The van der Waals surface area contributed by atoms with Gasteiger partial charge in [0.05, 0.1) is 17.5 Å². The minimum Gasteiger partial charge on any atom is -0.385 e. The molecule has 0 atom stereocenters. The summed E-state index contributed by atoms with van der Waals surface area (Å²) in [6.07, 6.45) is 1.76. The van der Waals surface area contributed by atoms with Gasteiger partial charge in [-0.15, -0.1) is 0 Å². The Labute approximate surface area is 136 Å². The van der Waals surface area contributed by atoms with Gasteiger partial charge in [-0.2, -0.15) is 5.26 Å². The van der Waals surface area contributed by atoms with E-state index in [4.69, 9.17) is 10.00 Å². The highest BCUT2D eigenvalue weighted by Gasteiger charge is 2.21. The lowest BCUT2D eigenvalue weighted by molar-refractivity contribution is -0.120. The van der Waals surface area contributed by atoms with E-state index in [0.29, 0.717) is 19.6 Å². The highest BCUT2D eigenvalue weighted by Crippen LogP contribution is 2.22. The van der Waals surface area contributed by atoms with Crippen LogP contribution in [-0.4, -0.2) is 47.4 Å². The molecular formula is C15H21N3O4S. The summed E-state index contributed by atoms with van der Waals surface area (Å²) in [7, 11) is -2.01. The number of hydrogen-bond acceptors (Lipinski definition) is 5. The largest absolute Gasteiger partial charge is 0.385 e. The number of nitrogens with one attached hydrogen (secondary N) is 1. The van der Waals surface area contributed by atoms with Crippen LogP contribution in [0, 0.1) is 11.3 Å². The molecule has 0 heterocycles. The number of nitrogens with zero attached hydrogens (tertiary/aromatic N) is 2. The molecule has 0 aliphatic heterocycles. The van der Waals surface area contributed by atoms with Crippen molar-refractivity contribution in [3.8, 4) is 6.07 Å². The van der Waals surface area contributed by atoms with Crippen LogP contribution in [0.25, 0.3) is 0 Å². The summed E-state index contributed by atoms with van der Waals surface area (Å²) in [4.78, 5) is 11.8. The molecule has 1 amide bonds. The molecule has 0 saturated carbocycles. The summed E-state index contributed by atoms with van der Waals surface area (Å²) in [6.45, 7) is 0.999. The van der Waals surface area contributed by atoms with Crippen LogP contribution in [0.2, 0.25) is 0 Å². The standard InChI is InChI=1S/C15H21N3O4S/c1-22-11-5-9-17-15(19)8-10-18(23(2,20)21)14-7-4-3-6-13(14)12-16/h3-4,6-7H,5,8-11H2,1-2H3,(H,17,19). The van der Waals surface area contributed by atoms with Gasteiger partial charge in [-0.3, -0.25) is 9.10 Å². The molecular weight excluding hydrogens is 318 g/mol. The van der Waals surface area contributed by atoms with Crippen molar-refractivity contribution in [3.63, 3.8) is 0 Å². The fourth-order valence-electron chi connectivity index (χ4n) is 1.99. The summed E-state index contributed by atoms with van der Waals surface area (Å²) in [6, 6.07) is 8.36. The van der Waals surface area contributed by atoms with Crippen molar-refractivity contribution in [3.05, 3.63) is 29.8 Å². The van der Waals surface area contributed by atoms with Crippen molar-refractivity contribution in [2.45, 2.75) is 12.8 Å². The highest BCUT2D eigenvalue weighted by molar-refractivity contribution is 7.92. The Morgan fingerprint density at radius 1 is 1.39 bits per heavy atom. The first-order chi connectivity index (χ1) is 10.9. The molecule has 8 heteroatoms. The van der Waals surface area contributed by atoms with E-state index in [0.717, 1.165) is 10.6 Å². The van der Waals surface area contributed by atoms with Crippen LogP contribution < -0.4 is 9.62 Å². The molecule has 0 aliphatic carbocycles. The van der Waals surface area contributed by atoms with Gasteiger partial charge in [-0.25, -0.2) is 8.42 Å². The number of methoxy groups -OCH3 is 1. The van der Waals surface area contributed by atoms with Crippen LogP contribution in [0.1, 0.15) is 18.4 Å². The van der Waals surface area contributed by atoms with Crippen molar-refractivity contribution >= 4 is 21.6 Å². The summed E-state index contributed by atoms with van der Waals surface area (Å²) in [5.41, 5.74) is 0.531. The van der Waals surface area contributed by atoms with Crippen molar-refractivity contribution in [1.29, 1.82) is 5.26 Å². The fraction of sp³-hybridized carbons (Fsp3) is 0.467. The first kappa shape index (κ1) is 18.9. The predicted octanol–water partition coefficient (Wildman–Crippen LogP) is 0.867. The smallest absolute Gasteiger partial charge is 0.232 e. The third-order valence-electron chi connectivity index (χ3n) is 3.08. The maximum absolute atomic E-state index is 12.0. The summed E-state index contributed by atoms with van der Waals surface area (Å²) < 4.78 is 29.9. The van der Waals surface area contributed by atoms with Gasteiger partial charge in [-0.05, 0) is 18.6 Å². The third kappa shape index (κ3) is 6.26. The minimum atomic E-state index is -3.59. The number of para-hydroxylation sites is 1. The second kappa shape index (κ2) is 9.12. The van der Waals surface area contributed by atoms with Gasteiger partial charge < -0.3 is 10.1 Å². The van der Waals surface area contributed by atoms with E-state index in [2.05, 4.69) is 5.32 Å². The summed E-state index contributed by atoms with van der Waals surface area (Å²) in [5, 5.41) is 11.8. The van der Waals surface area contributed by atoms with E-state index >= 15 is 0 Å². The van der Waals surface area contributed by atoms with Crippen molar-refractivity contribution < 1.29 is 17.9 Å². The van der Waals surface area contributed by atoms with Gasteiger partial charge in [0.2, 0.25) is 15.9 Å². The number of benzene rings is 1. The normalized spacial score (nSPS) is 10.8. The molecule has 0 aliphatic rings. The van der Waals surface area contributed by atoms with E-state index in [9.17, 15) is 13.2 Å². The Morgan fingerprint density at radius 3 is 2.70 bits per heavy atom. The maximum atomic E-state index is 12.0. The van der Waals surface area contributed by atoms with Gasteiger partial charge in [0.1, 0.15) is 6.07 Å². The molecule has 1 aromatic carbocycles. The Bertz CT molecular complexity index is 668. The van der Waals surface area contributed by atoms with Crippen LogP contribution in [-0.2, 0) is 19.6 Å². The zero-order valence-electron chi connectivity index (χ0n) is 13.3. The van der Waals surface area contributed by atoms with E-state index in [1.54, 1.807) is 31.4 Å². The number of rotatable bonds is 9. The first-order valence-electron chi connectivity index (χ1n) is 7.12. The number of carbonyl (C=O) groups excluding carboxylic acids is 1. The quantitative estimate of drug-likeness (QED) is 0.673. The molecule has 0 spiro atoms. The van der Waals surface area contributed by atoms with Crippen molar-refractivity contribution in [2.24, 2.45) is 0 Å². The molecule has 0 saturated heterocycles. The predicted molar refractivity (Wildman–Crippen MR) is 87.5 cm³/mol. The van der Waals surface area contributed by atoms with Gasteiger partial charge in [-0.1, -0.05) is 12.1 Å². The van der Waals surface area contributed by atoms with E-state index in [-0.39, 0.29) is 30.1 Å². The van der Waals surface area contributed by atoms with Crippen LogP contribution in [0.15, 0.2) is 24.3 Å². The first-order valence-corrected chi connectivity index (χ1v) is 8.97. The van der Waals surface area contributed by atoms with Gasteiger partial charge in [0.25, 0.3) is 0 Å². The zero-order valence-corrected chi connectivity index (χ0v) is 14.1. The van der Waals surface area contributed by atoms with E-state index < -0.39 is 10.0 Å². The lowest BCUT2D eigenvalue weighted by atomic mass is 10.2. The lowest BCUT2D eigenvalue weighted by Crippen LogP contribution is -2.35. The van der Waals surface area contributed by atoms with Gasteiger partial charge in [0, 0.05) is 33.2 Å². The molecule has 0 fully saturated rings. The fourth-order valence-corrected chi connectivity index (χ4v) is 2.93. The van der Waals surface area contributed by atoms with Crippen molar-refractivity contribution in [2.75, 3.05) is 37.4 Å². The monoisotopic (exact) mass is 339 g/mol. The van der Waals surface area contributed by atoms with Gasteiger partial charge >= 0.3 is 0 Å². The number of carbonyl (C=O) groups is 1. The molecule has 0 aromatic heterocycles. The molecule has 0 bridgehead atoms. The van der Waals surface area contributed by atoms with Crippen LogP contribution >= 0.6 is 0 Å². The number of ether oxygens (including phenoxy) is 1. The molecule has 126 valence electrons. The van der Waals surface area contributed by atoms with E-state index in [1.807, 2.05) is 6.07 Å². The van der Waals surface area contributed by atoms with Gasteiger partial charge in [0.15, 0.2) is 0 Å². The highest BCUT2D eigenvalue weighted by atomic mass is 32.2. The number of sulfonamides is 1. The Hall–Kier alpha value is -2.11. The average molecular weight is 339 g/mol. The average Bonchev–Trinajstić information content (AvgIpc) is 2.51. The molecule has 7 nitrogen and oxygen atoms in total. The van der Waals surface area contributed by atoms with Crippen LogP contribution in [0.5, 0.6) is 0 Å². The molecule has 0 unspecified atom stereocenters. The Morgan fingerprint density at radius 2 is 2.09 bits per heavy atom. The number of amides is 1. The van der Waals surface area contributed by atoms with Crippen LogP contribution in [0.3, 0.4) is 0 Å². The lowest BCUT2D eigenvalue weighted by Gasteiger charge is -2.23. The topological polar surface area (TPSA) is 99.5 Å². The number of nitriles is 1. The third-order valence-corrected chi connectivity index (χ3v) is 4.26. The van der Waals surface area contributed by atoms with Crippen LogP contribution in [0.4, 0.5) is 5.69 Å². The van der Waals surface area contributed by atoms with E-state index in [1.165, 1.54) is 0 Å². The summed E-state index contributed by atoms with van der Waals surface area (Å²) >= 11 is 0. The molecule has 23 heavy (non-hydrogen) atoms. The second-order valence-electron chi connectivity index (χ2n) is 4.91. The zero-order chi connectivity index (χ0) is 17.3. The minimum absolute atomic E-state index is 0.0137.